The van der Waals surface area contributed by atoms with Gasteiger partial charge >= 0.3 is 0 Å². The van der Waals surface area contributed by atoms with E-state index in [0.29, 0.717) is 42.4 Å². The smallest absolute Gasteiger partial charge is 0.255 e. The van der Waals surface area contributed by atoms with Crippen LogP contribution in [0.3, 0.4) is 0 Å². The normalized spacial score (nSPS) is 13.6. The average Bonchev–Trinajstić information content (AvgIpc) is 3.27. The van der Waals surface area contributed by atoms with Gasteiger partial charge in [-0.05, 0) is 37.5 Å². The molecule has 4 N–H and O–H groups in total. The molecule has 1 fully saturated rings. The number of ether oxygens (including phenoxy) is 1. The monoisotopic (exact) mass is 291 g/mol. The second-order valence-electron chi connectivity index (χ2n) is 5.16. The molecule has 0 bridgehead atoms. The Morgan fingerprint density at radius 1 is 1.38 bits per heavy atom. The summed E-state index contributed by atoms with van der Waals surface area (Å²) >= 11 is 0. The molecular formula is C15H21N3O3. The predicted molar refractivity (Wildman–Crippen MR) is 80.1 cm³/mol. The van der Waals surface area contributed by atoms with Gasteiger partial charge in [0, 0.05) is 24.7 Å². The van der Waals surface area contributed by atoms with Crippen LogP contribution in [0.4, 0.5) is 5.69 Å². The van der Waals surface area contributed by atoms with Crippen LogP contribution in [0.5, 0.6) is 5.75 Å². The molecule has 6 nitrogen and oxygen atoms in total. The fourth-order valence-electron chi connectivity index (χ4n) is 1.98. The van der Waals surface area contributed by atoms with Crippen molar-refractivity contribution in [3.05, 3.63) is 23.8 Å². The largest absolute Gasteiger partial charge is 0.496 e. The molecule has 1 aliphatic rings. The number of methoxy groups -OCH3 is 1. The van der Waals surface area contributed by atoms with Crippen molar-refractivity contribution in [1.29, 1.82) is 0 Å². The van der Waals surface area contributed by atoms with Gasteiger partial charge in [0.1, 0.15) is 5.75 Å². The first-order chi connectivity index (χ1) is 10.1. The number of rotatable bonds is 7. The number of nitrogen functional groups attached to an aromatic ring is 1. The molecule has 21 heavy (non-hydrogen) atoms. The number of carbonyl (C=O) groups excluding carboxylic acids is 2. The molecule has 0 atom stereocenters. The third kappa shape index (κ3) is 4.66. The average molecular weight is 291 g/mol. The van der Waals surface area contributed by atoms with E-state index in [2.05, 4.69) is 10.6 Å². The number of hydrogen-bond donors (Lipinski definition) is 3. The molecule has 114 valence electrons. The molecule has 1 saturated carbocycles. The zero-order valence-corrected chi connectivity index (χ0v) is 12.1. The molecule has 1 aliphatic carbocycles. The van der Waals surface area contributed by atoms with Crippen LogP contribution in [0, 0.1) is 0 Å². The summed E-state index contributed by atoms with van der Waals surface area (Å²) in [6, 6.07) is 5.29. The molecule has 1 aromatic rings. The highest BCUT2D eigenvalue weighted by Crippen LogP contribution is 2.21. The van der Waals surface area contributed by atoms with Crippen LogP contribution >= 0.6 is 0 Å². The third-order valence-electron chi connectivity index (χ3n) is 3.28. The van der Waals surface area contributed by atoms with E-state index in [1.165, 1.54) is 7.11 Å². The lowest BCUT2D eigenvalue weighted by Gasteiger charge is -2.10. The first-order valence-electron chi connectivity index (χ1n) is 7.11. The molecule has 0 heterocycles. The van der Waals surface area contributed by atoms with Crippen molar-refractivity contribution in [2.45, 2.75) is 31.7 Å². The molecule has 1 aromatic carbocycles. The van der Waals surface area contributed by atoms with Gasteiger partial charge in [-0.15, -0.1) is 0 Å². The van der Waals surface area contributed by atoms with Gasteiger partial charge < -0.3 is 21.1 Å². The topological polar surface area (TPSA) is 93.4 Å². The van der Waals surface area contributed by atoms with E-state index >= 15 is 0 Å². The summed E-state index contributed by atoms with van der Waals surface area (Å²) < 4.78 is 5.14. The van der Waals surface area contributed by atoms with Crippen LogP contribution in [0.25, 0.3) is 0 Å². The Morgan fingerprint density at radius 3 is 2.81 bits per heavy atom. The summed E-state index contributed by atoms with van der Waals surface area (Å²) in [4.78, 5) is 23.6. The van der Waals surface area contributed by atoms with Gasteiger partial charge in [0.2, 0.25) is 5.91 Å². The van der Waals surface area contributed by atoms with Crippen LogP contribution in [0.15, 0.2) is 18.2 Å². The Hall–Kier alpha value is -2.24. The van der Waals surface area contributed by atoms with Crippen LogP contribution in [0.1, 0.15) is 36.0 Å². The van der Waals surface area contributed by atoms with Gasteiger partial charge in [-0.25, -0.2) is 0 Å². The number of hydrogen-bond acceptors (Lipinski definition) is 4. The lowest BCUT2D eigenvalue weighted by Crippen LogP contribution is -2.28. The van der Waals surface area contributed by atoms with Crippen LogP contribution < -0.4 is 21.1 Å². The summed E-state index contributed by atoms with van der Waals surface area (Å²) in [7, 11) is 1.50. The molecule has 0 saturated heterocycles. The Labute approximate surface area is 124 Å². The summed E-state index contributed by atoms with van der Waals surface area (Å²) in [5.74, 6) is 0.281. The van der Waals surface area contributed by atoms with E-state index in [1.807, 2.05) is 0 Å². The van der Waals surface area contributed by atoms with Crippen molar-refractivity contribution in [3.63, 3.8) is 0 Å². The summed E-state index contributed by atoms with van der Waals surface area (Å²) in [6.07, 6.45) is 3.19. The minimum atomic E-state index is -0.248. The molecule has 0 radical (unpaired) electrons. The van der Waals surface area contributed by atoms with E-state index in [1.54, 1.807) is 18.2 Å². The van der Waals surface area contributed by atoms with Gasteiger partial charge in [0.05, 0.1) is 12.7 Å². The summed E-state index contributed by atoms with van der Waals surface area (Å²) in [6.45, 7) is 0.439. The lowest BCUT2D eigenvalue weighted by atomic mass is 10.1. The Bertz CT molecular complexity index is 527. The van der Waals surface area contributed by atoms with Gasteiger partial charge in [-0.1, -0.05) is 0 Å². The Morgan fingerprint density at radius 2 is 2.14 bits per heavy atom. The fraction of sp³-hybridized carbons (Fsp3) is 0.467. The maximum absolute atomic E-state index is 12.1. The molecule has 2 rings (SSSR count). The first kappa shape index (κ1) is 15.2. The Balaban J connectivity index is 1.76. The molecule has 0 unspecified atom stereocenters. The lowest BCUT2D eigenvalue weighted by molar-refractivity contribution is -0.121. The fourth-order valence-corrected chi connectivity index (χ4v) is 1.98. The van der Waals surface area contributed by atoms with Crippen LogP contribution in [0.2, 0.25) is 0 Å². The van der Waals surface area contributed by atoms with Crippen LogP contribution in [-0.2, 0) is 4.79 Å². The molecule has 0 aromatic heterocycles. The number of benzene rings is 1. The van der Waals surface area contributed by atoms with Crippen molar-refractivity contribution in [2.24, 2.45) is 0 Å². The Kier molecular flexibility index (Phi) is 5.03. The third-order valence-corrected chi connectivity index (χ3v) is 3.28. The van der Waals surface area contributed by atoms with Crippen molar-refractivity contribution < 1.29 is 14.3 Å². The van der Waals surface area contributed by atoms with E-state index in [4.69, 9.17) is 10.5 Å². The minimum Gasteiger partial charge on any atom is -0.496 e. The highest BCUT2D eigenvalue weighted by atomic mass is 16.5. The minimum absolute atomic E-state index is 0.0493. The van der Waals surface area contributed by atoms with Crippen molar-refractivity contribution in [3.8, 4) is 5.75 Å². The predicted octanol–water partition coefficient (Wildman–Crippen LogP) is 1.07. The van der Waals surface area contributed by atoms with Crippen LogP contribution in [-0.4, -0.2) is 31.5 Å². The van der Waals surface area contributed by atoms with Gasteiger partial charge in [-0.3, -0.25) is 9.59 Å². The van der Waals surface area contributed by atoms with Crippen molar-refractivity contribution >= 4 is 17.5 Å². The standard InChI is InChI=1S/C15H21N3O3/c1-21-13-7-4-10(16)9-12(13)15(20)17-8-2-3-14(19)18-11-5-6-11/h4,7,9,11H,2-3,5-6,8,16H2,1H3,(H,17,20)(H,18,19). The molecule has 0 aliphatic heterocycles. The first-order valence-corrected chi connectivity index (χ1v) is 7.11. The van der Waals surface area contributed by atoms with Crippen molar-refractivity contribution in [2.75, 3.05) is 19.4 Å². The second-order valence-corrected chi connectivity index (χ2v) is 5.16. The molecule has 2 amide bonds. The number of anilines is 1. The highest BCUT2D eigenvalue weighted by Gasteiger charge is 2.22. The van der Waals surface area contributed by atoms with E-state index in [9.17, 15) is 9.59 Å². The van der Waals surface area contributed by atoms with Gasteiger partial charge in [0.15, 0.2) is 0 Å². The van der Waals surface area contributed by atoms with Gasteiger partial charge in [-0.2, -0.15) is 0 Å². The zero-order chi connectivity index (χ0) is 15.2. The quantitative estimate of drug-likeness (QED) is 0.517. The van der Waals surface area contributed by atoms with Gasteiger partial charge in [0.25, 0.3) is 5.91 Å². The SMILES string of the molecule is COc1ccc(N)cc1C(=O)NCCCC(=O)NC1CC1. The number of amides is 2. The van der Waals surface area contributed by atoms with Crippen molar-refractivity contribution in [1.82, 2.24) is 10.6 Å². The summed E-state index contributed by atoms with van der Waals surface area (Å²) in [5, 5.41) is 5.68. The highest BCUT2D eigenvalue weighted by molar-refractivity contribution is 5.97. The van der Waals surface area contributed by atoms with E-state index < -0.39 is 0 Å². The molecule has 6 heteroatoms. The van der Waals surface area contributed by atoms with E-state index in [-0.39, 0.29) is 11.8 Å². The molecule has 0 spiro atoms. The second kappa shape index (κ2) is 6.97. The number of nitrogens with two attached hydrogens (primary N) is 1. The maximum atomic E-state index is 12.1. The zero-order valence-electron chi connectivity index (χ0n) is 12.1. The summed E-state index contributed by atoms with van der Waals surface area (Å²) in [5.41, 5.74) is 6.59. The molecular weight excluding hydrogens is 270 g/mol. The number of nitrogens with one attached hydrogen (secondary N) is 2. The van der Waals surface area contributed by atoms with E-state index in [0.717, 1.165) is 12.8 Å². The number of carbonyl (C=O) groups is 2. The maximum Gasteiger partial charge on any atom is 0.255 e.